The van der Waals surface area contributed by atoms with Crippen LogP contribution in [-0.4, -0.2) is 99.2 Å². The maximum atomic E-state index is 12.1. The Balaban J connectivity index is 3.84. The number of esters is 4. The highest BCUT2D eigenvalue weighted by atomic mass is 16.6. The van der Waals surface area contributed by atoms with Gasteiger partial charge in [0.1, 0.15) is 19.3 Å². The highest BCUT2D eigenvalue weighted by molar-refractivity contribution is 5.87. The van der Waals surface area contributed by atoms with Crippen molar-refractivity contribution in [3.8, 4) is 0 Å². The Hall–Kier alpha value is -2.80. The second-order valence-electron chi connectivity index (χ2n) is 10.7. The zero-order valence-corrected chi connectivity index (χ0v) is 26.7. The van der Waals surface area contributed by atoms with Gasteiger partial charge in [0.05, 0.1) is 19.8 Å². The van der Waals surface area contributed by atoms with Crippen molar-refractivity contribution in [3.63, 3.8) is 0 Å². The molecule has 12 nitrogen and oxygen atoms in total. The lowest BCUT2D eigenvalue weighted by molar-refractivity contribution is -0.161. The standard InChI is InChI=1S/C32H54O12/c1-25(2)31(37)42-22-27(34)21-39-18-13-8-10-15-29(35)41-20-14-6-5-12-19-40-23-28(24-43-32(38)26(3)4)44-30(36)16-9-7-11-17-33/h27-28,33-34H,1,3,5-24H2,2,4H3. The van der Waals surface area contributed by atoms with E-state index in [9.17, 15) is 24.3 Å². The molecule has 0 radical (unpaired) electrons. The summed E-state index contributed by atoms with van der Waals surface area (Å²) in [6.07, 6.45) is 6.39. The lowest BCUT2D eigenvalue weighted by Crippen LogP contribution is -2.30. The SMILES string of the molecule is C=C(C)C(=O)OCC(O)COCCCCCC(=O)OCCCCCCOCC(COC(=O)C(=C)C)OC(=O)CCCCCO. The summed E-state index contributed by atoms with van der Waals surface area (Å²) in [6, 6.07) is 0. The summed E-state index contributed by atoms with van der Waals surface area (Å²) in [4.78, 5) is 47.0. The van der Waals surface area contributed by atoms with E-state index in [4.69, 9.17) is 33.5 Å². The summed E-state index contributed by atoms with van der Waals surface area (Å²) < 4.78 is 31.7. The van der Waals surface area contributed by atoms with Crippen LogP contribution in [0, 0.1) is 0 Å². The van der Waals surface area contributed by atoms with E-state index in [1.165, 1.54) is 13.8 Å². The van der Waals surface area contributed by atoms with Crippen molar-refractivity contribution >= 4 is 23.9 Å². The van der Waals surface area contributed by atoms with E-state index >= 15 is 0 Å². The molecule has 0 aliphatic rings. The molecule has 0 spiro atoms. The number of rotatable bonds is 29. The summed E-state index contributed by atoms with van der Waals surface area (Å²) in [6.45, 7) is 11.3. The van der Waals surface area contributed by atoms with Crippen LogP contribution < -0.4 is 0 Å². The van der Waals surface area contributed by atoms with Crippen molar-refractivity contribution in [3.05, 3.63) is 24.3 Å². The minimum absolute atomic E-state index is 0.0633. The predicted molar refractivity (Wildman–Crippen MR) is 163 cm³/mol. The molecular formula is C32H54O12. The first kappa shape index (κ1) is 41.2. The number of unbranched alkanes of at least 4 members (excludes halogenated alkanes) is 7. The Bertz CT molecular complexity index is 841. The molecule has 0 aromatic heterocycles. The quantitative estimate of drug-likeness (QED) is 0.0533. The number of hydrogen-bond acceptors (Lipinski definition) is 12. The smallest absolute Gasteiger partial charge is 0.333 e. The normalized spacial score (nSPS) is 12.2. The van der Waals surface area contributed by atoms with Crippen molar-refractivity contribution in [2.45, 2.75) is 103 Å². The summed E-state index contributed by atoms with van der Waals surface area (Å²) in [5.74, 6) is -1.74. The van der Waals surface area contributed by atoms with E-state index in [2.05, 4.69) is 13.2 Å². The van der Waals surface area contributed by atoms with Crippen LogP contribution in [0.3, 0.4) is 0 Å². The van der Waals surface area contributed by atoms with Crippen molar-refractivity contribution in [2.24, 2.45) is 0 Å². The number of aliphatic hydroxyl groups excluding tert-OH is 2. The van der Waals surface area contributed by atoms with Crippen LogP contribution in [0.2, 0.25) is 0 Å². The van der Waals surface area contributed by atoms with Crippen LogP contribution >= 0.6 is 0 Å². The fraction of sp³-hybridized carbons (Fsp3) is 0.750. The first-order valence-corrected chi connectivity index (χ1v) is 15.5. The Morgan fingerprint density at radius 1 is 0.591 bits per heavy atom. The first-order chi connectivity index (χ1) is 21.1. The van der Waals surface area contributed by atoms with Gasteiger partial charge in [0, 0.05) is 43.8 Å². The number of carbonyl (C=O) groups excluding carboxylic acids is 4. The lowest BCUT2D eigenvalue weighted by atomic mass is 10.2. The molecule has 0 fully saturated rings. The van der Waals surface area contributed by atoms with Crippen LogP contribution in [-0.2, 0) is 47.6 Å². The van der Waals surface area contributed by atoms with Crippen molar-refractivity contribution in [1.82, 2.24) is 0 Å². The van der Waals surface area contributed by atoms with E-state index in [0.29, 0.717) is 45.5 Å². The minimum atomic E-state index is -0.895. The van der Waals surface area contributed by atoms with Gasteiger partial charge >= 0.3 is 23.9 Å². The van der Waals surface area contributed by atoms with E-state index in [-0.39, 0.29) is 56.6 Å². The van der Waals surface area contributed by atoms with Gasteiger partial charge in [0.15, 0.2) is 6.10 Å². The van der Waals surface area contributed by atoms with Crippen LogP contribution in [0.25, 0.3) is 0 Å². The monoisotopic (exact) mass is 630 g/mol. The molecule has 0 saturated carbocycles. The van der Waals surface area contributed by atoms with Gasteiger partial charge in [-0.2, -0.15) is 0 Å². The van der Waals surface area contributed by atoms with Crippen molar-refractivity contribution in [1.29, 1.82) is 0 Å². The number of carbonyl (C=O) groups is 4. The maximum absolute atomic E-state index is 12.1. The highest BCUT2D eigenvalue weighted by Gasteiger charge is 2.18. The van der Waals surface area contributed by atoms with Gasteiger partial charge in [0.25, 0.3) is 0 Å². The zero-order valence-electron chi connectivity index (χ0n) is 26.7. The average molecular weight is 631 g/mol. The topological polar surface area (TPSA) is 164 Å². The maximum Gasteiger partial charge on any atom is 0.333 e. The Labute approximate surface area is 262 Å². The zero-order chi connectivity index (χ0) is 33.0. The minimum Gasteiger partial charge on any atom is -0.466 e. The second kappa shape index (κ2) is 27.7. The molecule has 2 N–H and O–H groups in total. The largest absolute Gasteiger partial charge is 0.466 e. The Kier molecular flexibility index (Phi) is 26.0. The van der Waals surface area contributed by atoms with Gasteiger partial charge in [-0.15, -0.1) is 0 Å². The fourth-order valence-corrected chi connectivity index (χ4v) is 3.56. The second-order valence-corrected chi connectivity index (χ2v) is 10.7. The van der Waals surface area contributed by atoms with Crippen molar-refractivity contribution in [2.75, 3.05) is 52.9 Å². The Morgan fingerprint density at radius 3 is 1.68 bits per heavy atom. The third-order valence-electron chi connectivity index (χ3n) is 6.07. The molecule has 0 bridgehead atoms. The molecule has 0 aliphatic carbocycles. The summed E-state index contributed by atoms with van der Waals surface area (Å²) in [5.41, 5.74) is 0.523. The highest BCUT2D eigenvalue weighted by Crippen LogP contribution is 2.08. The van der Waals surface area contributed by atoms with E-state index in [1.807, 2.05) is 0 Å². The molecule has 0 aromatic carbocycles. The van der Waals surface area contributed by atoms with Gasteiger partial charge in [-0.3, -0.25) is 9.59 Å². The van der Waals surface area contributed by atoms with Gasteiger partial charge in [0.2, 0.25) is 0 Å². The molecule has 12 heteroatoms. The number of aliphatic hydroxyl groups is 2. The molecule has 0 aromatic rings. The van der Waals surface area contributed by atoms with Crippen LogP contribution in [0.5, 0.6) is 0 Å². The van der Waals surface area contributed by atoms with Crippen LogP contribution in [0.4, 0.5) is 0 Å². The van der Waals surface area contributed by atoms with Gasteiger partial charge in [-0.05, 0) is 58.8 Å². The summed E-state index contributed by atoms with van der Waals surface area (Å²) in [7, 11) is 0. The Morgan fingerprint density at radius 2 is 1.09 bits per heavy atom. The predicted octanol–water partition coefficient (Wildman–Crippen LogP) is 3.75. The first-order valence-electron chi connectivity index (χ1n) is 15.5. The molecule has 254 valence electrons. The molecule has 0 aliphatic heterocycles. The fourth-order valence-electron chi connectivity index (χ4n) is 3.56. The molecule has 0 saturated heterocycles. The van der Waals surface area contributed by atoms with E-state index in [1.54, 1.807) is 0 Å². The third-order valence-corrected chi connectivity index (χ3v) is 6.07. The molecule has 0 amide bonds. The molecule has 2 unspecified atom stereocenters. The summed E-state index contributed by atoms with van der Waals surface area (Å²) in [5, 5.41) is 18.6. The molecule has 44 heavy (non-hydrogen) atoms. The van der Waals surface area contributed by atoms with Crippen molar-refractivity contribution < 1.29 is 57.8 Å². The van der Waals surface area contributed by atoms with Crippen LogP contribution in [0.15, 0.2) is 24.3 Å². The van der Waals surface area contributed by atoms with Gasteiger partial charge in [-0.1, -0.05) is 32.4 Å². The third kappa shape index (κ3) is 25.7. The lowest BCUT2D eigenvalue weighted by Gasteiger charge is -2.18. The summed E-state index contributed by atoms with van der Waals surface area (Å²) >= 11 is 0. The molecule has 0 rings (SSSR count). The number of hydrogen-bond donors (Lipinski definition) is 2. The van der Waals surface area contributed by atoms with Gasteiger partial charge < -0.3 is 38.6 Å². The van der Waals surface area contributed by atoms with E-state index in [0.717, 1.165) is 44.9 Å². The number of ether oxygens (including phenoxy) is 6. The van der Waals surface area contributed by atoms with E-state index < -0.39 is 30.1 Å². The van der Waals surface area contributed by atoms with Crippen LogP contribution in [0.1, 0.15) is 90.9 Å². The molecular weight excluding hydrogens is 576 g/mol. The molecule has 0 heterocycles. The average Bonchev–Trinajstić information content (AvgIpc) is 2.98. The molecule has 2 atom stereocenters. The van der Waals surface area contributed by atoms with Gasteiger partial charge in [-0.25, -0.2) is 9.59 Å².